The van der Waals surface area contributed by atoms with Gasteiger partial charge in [0.2, 0.25) is 0 Å². The Hall–Kier alpha value is -0.940. The molecule has 2 atom stereocenters. The average molecular weight is 299 g/mol. The lowest BCUT2D eigenvalue weighted by atomic mass is 10.1. The van der Waals surface area contributed by atoms with Crippen LogP contribution in [-0.4, -0.2) is 28.6 Å². The summed E-state index contributed by atoms with van der Waals surface area (Å²) >= 11 is 3.28. The molecule has 17 heavy (non-hydrogen) atoms. The van der Waals surface area contributed by atoms with Gasteiger partial charge in [-0.3, -0.25) is 4.79 Å². The van der Waals surface area contributed by atoms with E-state index in [1.54, 1.807) is 18.3 Å². The summed E-state index contributed by atoms with van der Waals surface area (Å²) in [6.45, 7) is 0.138. The number of rotatable bonds is 3. The normalized spacial score (nSPS) is 23.6. The number of nitrogens with one attached hydrogen (secondary N) is 1. The molecule has 5 heteroatoms. The minimum atomic E-state index is -0.164. The van der Waals surface area contributed by atoms with Crippen LogP contribution in [0.25, 0.3) is 0 Å². The van der Waals surface area contributed by atoms with Crippen molar-refractivity contribution in [3.05, 3.63) is 28.5 Å². The van der Waals surface area contributed by atoms with Gasteiger partial charge in [-0.15, -0.1) is 0 Å². The summed E-state index contributed by atoms with van der Waals surface area (Å²) in [5.41, 5.74) is 0.414. The number of aromatic nitrogens is 1. The number of carbonyl (C=O) groups is 1. The van der Waals surface area contributed by atoms with Crippen LogP contribution in [0, 0.1) is 5.92 Å². The molecule has 1 aromatic rings. The third kappa shape index (κ3) is 3.04. The number of hydrogen-bond acceptors (Lipinski definition) is 3. The molecule has 0 aliphatic heterocycles. The zero-order valence-corrected chi connectivity index (χ0v) is 11.0. The van der Waals surface area contributed by atoms with Crippen LogP contribution in [0.1, 0.15) is 29.8 Å². The molecular formula is C12H15BrN2O2. The second kappa shape index (κ2) is 5.60. The van der Waals surface area contributed by atoms with E-state index in [1.807, 2.05) is 0 Å². The van der Waals surface area contributed by atoms with E-state index in [4.69, 9.17) is 0 Å². The predicted octanol–water partition coefficient (Wildman–Crippen LogP) is 1.73. The summed E-state index contributed by atoms with van der Waals surface area (Å²) in [5.74, 6) is 0.0252. The maximum absolute atomic E-state index is 11.9. The van der Waals surface area contributed by atoms with Gasteiger partial charge in [0.05, 0.1) is 0 Å². The van der Waals surface area contributed by atoms with E-state index in [-0.39, 0.29) is 24.5 Å². The number of pyridine rings is 1. The van der Waals surface area contributed by atoms with Crippen LogP contribution < -0.4 is 5.32 Å². The zero-order valence-electron chi connectivity index (χ0n) is 9.40. The van der Waals surface area contributed by atoms with Gasteiger partial charge in [0.15, 0.2) is 0 Å². The number of carbonyl (C=O) groups excluding carboxylic acids is 1. The van der Waals surface area contributed by atoms with Crippen LogP contribution in [-0.2, 0) is 0 Å². The van der Waals surface area contributed by atoms with Gasteiger partial charge in [0.1, 0.15) is 5.69 Å². The van der Waals surface area contributed by atoms with Gasteiger partial charge in [-0.05, 0) is 40.9 Å². The smallest absolute Gasteiger partial charge is 0.270 e. The molecule has 1 heterocycles. The molecule has 1 aliphatic carbocycles. The van der Waals surface area contributed by atoms with Gasteiger partial charge in [-0.1, -0.05) is 6.42 Å². The van der Waals surface area contributed by atoms with Crippen LogP contribution in [0.2, 0.25) is 0 Å². The van der Waals surface area contributed by atoms with Crippen molar-refractivity contribution < 1.29 is 9.90 Å². The van der Waals surface area contributed by atoms with Crippen molar-refractivity contribution in [1.82, 2.24) is 10.3 Å². The van der Waals surface area contributed by atoms with Gasteiger partial charge in [0, 0.05) is 29.2 Å². The van der Waals surface area contributed by atoms with Crippen molar-refractivity contribution in [2.45, 2.75) is 25.3 Å². The molecule has 1 aliphatic rings. The lowest BCUT2D eigenvalue weighted by molar-refractivity contribution is 0.0911. The van der Waals surface area contributed by atoms with Crippen molar-refractivity contribution in [3.8, 4) is 0 Å². The number of hydrogen-bond donors (Lipinski definition) is 2. The van der Waals surface area contributed by atoms with Gasteiger partial charge in [0.25, 0.3) is 5.91 Å². The van der Waals surface area contributed by atoms with Crippen molar-refractivity contribution in [1.29, 1.82) is 0 Å². The second-order valence-electron chi connectivity index (χ2n) is 4.32. The third-order valence-corrected chi connectivity index (χ3v) is 3.64. The molecule has 0 saturated heterocycles. The maximum atomic E-state index is 11.9. The summed E-state index contributed by atoms with van der Waals surface area (Å²) in [5, 5.41) is 12.1. The number of aliphatic hydroxyl groups is 1. The zero-order chi connectivity index (χ0) is 12.3. The first kappa shape index (κ1) is 12.5. The summed E-state index contributed by atoms with van der Waals surface area (Å²) in [6, 6.07) is 3.56. The standard InChI is InChI=1S/C12H15BrN2O2/c13-9-4-5-11(14-6-9)12(17)15-10-3-1-2-8(10)7-16/h4-6,8,10,16H,1-3,7H2,(H,15,17). The largest absolute Gasteiger partial charge is 0.396 e. The van der Waals surface area contributed by atoms with Gasteiger partial charge >= 0.3 is 0 Å². The van der Waals surface area contributed by atoms with Crippen molar-refractivity contribution in [2.75, 3.05) is 6.61 Å². The minimum Gasteiger partial charge on any atom is -0.396 e. The first-order valence-electron chi connectivity index (χ1n) is 5.74. The lowest BCUT2D eigenvalue weighted by Crippen LogP contribution is -2.38. The molecule has 4 nitrogen and oxygen atoms in total. The molecule has 0 radical (unpaired) electrons. The summed E-state index contributed by atoms with van der Waals surface area (Å²) in [4.78, 5) is 16.0. The number of amides is 1. The Balaban J connectivity index is 1.99. The molecule has 2 rings (SSSR count). The topological polar surface area (TPSA) is 62.2 Å². The molecule has 2 N–H and O–H groups in total. The van der Waals surface area contributed by atoms with Crippen molar-refractivity contribution >= 4 is 21.8 Å². The number of aliphatic hydroxyl groups excluding tert-OH is 1. The highest BCUT2D eigenvalue weighted by atomic mass is 79.9. The molecule has 1 aromatic heterocycles. The van der Waals surface area contributed by atoms with Crippen LogP contribution in [0.15, 0.2) is 22.8 Å². The van der Waals surface area contributed by atoms with Gasteiger partial charge in [-0.25, -0.2) is 4.98 Å². The highest BCUT2D eigenvalue weighted by Gasteiger charge is 2.28. The SMILES string of the molecule is O=C(NC1CCCC1CO)c1ccc(Br)cn1. The Labute approximate surface area is 109 Å². The fourth-order valence-electron chi connectivity index (χ4n) is 2.20. The first-order valence-corrected chi connectivity index (χ1v) is 6.53. The molecule has 0 aromatic carbocycles. The monoisotopic (exact) mass is 298 g/mol. The van der Waals surface area contributed by atoms with Crippen molar-refractivity contribution in [2.24, 2.45) is 5.92 Å². The fraction of sp³-hybridized carbons (Fsp3) is 0.500. The number of nitrogens with zero attached hydrogens (tertiary/aromatic N) is 1. The minimum absolute atomic E-state index is 0.0814. The molecule has 1 amide bonds. The average Bonchev–Trinajstić information content (AvgIpc) is 2.77. The van der Waals surface area contributed by atoms with Gasteiger partial charge < -0.3 is 10.4 Å². The fourth-order valence-corrected chi connectivity index (χ4v) is 2.43. The molecular weight excluding hydrogens is 284 g/mol. The Bertz CT molecular complexity index is 394. The summed E-state index contributed by atoms with van der Waals surface area (Å²) in [7, 11) is 0. The Morgan fingerprint density at radius 1 is 1.53 bits per heavy atom. The molecule has 1 fully saturated rings. The van der Waals surface area contributed by atoms with Crippen LogP contribution in [0.5, 0.6) is 0 Å². The predicted molar refractivity (Wildman–Crippen MR) is 67.6 cm³/mol. The molecule has 92 valence electrons. The van der Waals surface area contributed by atoms with E-state index in [0.29, 0.717) is 5.69 Å². The van der Waals surface area contributed by atoms with E-state index in [2.05, 4.69) is 26.2 Å². The summed E-state index contributed by atoms with van der Waals surface area (Å²) in [6.07, 6.45) is 4.58. The Morgan fingerprint density at radius 2 is 2.35 bits per heavy atom. The molecule has 0 bridgehead atoms. The quantitative estimate of drug-likeness (QED) is 0.893. The highest BCUT2D eigenvalue weighted by molar-refractivity contribution is 9.10. The van der Waals surface area contributed by atoms with E-state index < -0.39 is 0 Å². The van der Waals surface area contributed by atoms with Crippen LogP contribution in [0.3, 0.4) is 0 Å². The first-order chi connectivity index (χ1) is 8.20. The maximum Gasteiger partial charge on any atom is 0.270 e. The summed E-state index contributed by atoms with van der Waals surface area (Å²) < 4.78 is 0.850. The van der Waals surface area contributed by atoms with Crippen LogP contribution in [0.4, 0.5) is 0 Å². The van der Waals surface area contributed by atoms with E-state index in [1.165, 1.54) is 0 Å². The Morgan fingerprint density at radius 3 is 3.00 bits per heavy atom. The third-order valence-electron chi connectivity index (χ3n) is 3.17. The van der Waals surface area contributed by atoms with Crippen LogP contribution >= 0.6 is 15.9 Å². The molecule has 0 spiro atoms. The van der Waals surface area contributed by atoms with E-state index in [0.717, 1.165) is 23.7 Å². The molecule has 1 saturated carbocycles. The van der Waals surface area contributed by atoms with Crippen molar-refractivity contribution in [3.63, 3.8) is 0 Å². The Kier molecular flexibility index (Phi) is 4.12. The highest BCUT2D eigenvalue weighted by Crippen LogP contribution is 2.25. The van der Waals surface area contributed by atoms with E-state index >= 15 is 0 Å². The number of halogens is 1. The lowest BCUT2D eigenvalue weighted by Gasteiger charge is -2.18. The molecule has 2 unspecified atom stereocenters. The van der Waals surface area contributed by atoms with Gasteiger partial charge in [-0.2, -0.15) is 0 Å². The van der Waals surface area contributed by atoms with E-state index in [9.17, 15) is 9.90 Å². The second-order valence-corrected chi connectivity index (χ2v) is 5.23.